The molecule has 2 heteroatoms. The first-order valence-corrected chi connectivity index (χ1v) is 3.86. The van der Waals surface area contributed by atoms with Crippen LogP contribution in [0, 0.1) is 0 Å². The Morgan fingerprint density at radius 1 is 1.73 bits per heavy atom. The number of rotatable bonds is 2. The second-order valence-corrected chi connectivity index (χ2v) is 2.44. The molecule has 1 aliphatic rings. The molecule has 0 aromatic rings. The third-order valence-electron chi connectivity index (χ3n) is 1.51. The van der Waals surface area contributed by atoms with E-state index in [0.717, 1.165) is 12.8 Å². The molecule has 0 saturated heterocycles. The number of ketones is 1. The van der Waals surface area contributed by atoms with E-state index in [1.807, 2.05) is 13.0 Å². The van der Waals surface area contributed by atoms with E-state index in [9.17, 15) is 4.79 Å². The second kappa shape index (κ2) is 3.96. The lowest BCUT2D eigenvalue weighted by molar-refractivity contribution is 0.210. The topological polar surface area (TPSA) is 30.6 Å². The standard InChI is InChI=1S/C9H12O2/c1-2-5-8(10)9-6-3-4-7-11-9/h2,5-6H,3-4,7H2,1H3/p+1/b5-2+. The van der Waals surface area contributed by atoms with E-state index >= 15 is 0 Å². The van der Waals surface area contributed by atoms with Gasteiger partial charge in [-0.15, -0.1) is 0 Å². The van der Waals surface area contributed by atoms with Crippen LogP contribution in [0.5, 0.6) is 0 Å². The van der Waals surface area contributed by atoms with Crippen LogP contribution in [0.4, 0.5) is 0 Å². The van der Waals surface area contributed by atoms with Gasteiger partial charge in [-0.05, 0) is 25.8 Å². The summed E-state index contributed by atoms with van der Waals surface area (Å²) in [6.07, 6.45) is 7.38. The molecule has 0 amide bonds. The number of carbonyl (C=O) groups excluding carboxylic acids is 1. The molecule has 11 heavy (non-hydrogen) atoms. The molecule has 1 N–H and O–H groups in total. The molecule has 0 unspecified atom stereocenters. The Bertz CT molecular complexity index is 202. The zero-order valence-corrected chi connectivity index (χ0v) is 6.71. The fourth-order valence-corrected chi connectivity index (χ4v) is 0.976. The average molecular weight is 153 g/mol. The van der Waals surface area contributed by atoms with Crippen LogP contribution < -0.4 is 0 Å². The maximum atomic E-state index is 9.31. The van der Waals surface area contributed by atoms with Crippen LogP contribution in [-0.4, -0.2) is 17.2 Å². The van der Waals surface area contributed by atoms with E-state index in [1.165, 1.54) is 0 Å². The molecule has 0 aromatic heterocycles. The molecule has 0 atom stereocenters. The number of allylic oxidation sites excluding steroid dienone is 3. The highest BCUT2D eigenvalue weighted by Crippen LogP contribution is 2.10. The Morgan fingerprint density at radius 3 is 3.09 bits per heavy atom. The molecule has 0 saturated carbocycles. The summed E-state index contributed by atoms with van der Waals surface area (Å²) < 4.78 is 5.22. The normalized spacial score (nSPS) is 17.7. The lowest BCUT2D eigenvalue weighted by atomic mass is 10.2. The third-order valence-corrected chi connectivity index (χ3v) is 1.51. The Balaban J connectivity index is 2.58. The first-order chi connectivity index (χ1) is 5.34. The molecule has 60 valence electrons. The summed E-state index contributed by atoms with van der Waals surface area (Å²) in [7, 11) is 0. The van der Waals surface area contributed by atoms with Crippen LogP contribution in [0.3, 0.4) is 0 Å². The van der Waals surface area contributed by atoms with Gasteiger partial charge in [-0.2, -0.15) is 0 Å². The fraction of sp³-hybridized carbons (Fsp3) is 0.444. The molecular weight excluding hydrogens is 140 g/mol. The minimum absolute atomic E-state index is 0.229. The number of hydrogen-bond acceptors (Lipinski definition) is 1. The summed E-state index contributed by atoms with van der Waals surface area (Å²) in [5.41, 5.74) is 0. The molecular formula is C9H13O2+. The van der Waals surface area contributed by atoms with Gasteiger partial charge in [-0.1, -0.05) is 6.08 Å². The molecule has 0 aliphatic carbocycles. The van der Waals surface area contributed by atoms with Crippen LogP contribution >= 0.6 is 0 Å². The van der Waals surface area contributed by atoms with Gasteiger partial charge < -0.3 is 4.74 Å². The molecule has 0 aromatic carbocycles. The van der Waals surface area contributed by atoms with E-state index in [2.05, 4.69) is 0 Å². The Labute approximate surface area is 66.5 Å². The monoisotopic (exact) mass is 153 g/mol. The Morgan fingerprint density at radius 2 is 2.55 bits per heavy atom. The van der Waals surface area contributed by atoms with Crippen molar-refractivity contribution < 1.29 is 9.53 Å². The van der Waals surface area contributed by atoms with E-state index in [-0.39, 0.29) is 5.78 Å². The summed E-state index contributed by atoms with van der Waals surface area (Å²) in [6, 6.07) is 0. The first kappa shape index (κ1) is 8.05. The van der Waals surface area contributed by atoms with Gasteiger partial charge in [0.1, 0.15) is 0 Å². The summed E-state index contributed by atoms with van der Waals surface area (Å²) in [4.78, 5) is 9.31. The third kappa shape index (κ3) is 2.22. The average Bonchev–Trinajstić information content (AvgIpc) is 2.07. The zero-order valence-electron chi connectivity index (χ0n) is 6.71. The zero-order chi connectivity index (χ0) is 8.10. The van der Waals surface area contributed by atoms with Gasteiger partial charge in [0.2, 0.25) is 5.76 Å². The first-order valence-electron chi connectivity index (χ1n) is 3.86. The molecule has 0 spiro atoms. The van der Waals surface area contributed by atoms with Crippen LogP contribution in [0.15, 0.2) is 24.0 Å². The predicted molar refractivity (Wildman–Crippen MR) is 45.0 cm³/mol. The Kier molecular flexibility index (Phi) is 2.90. The Hall–Kier alpha value is -1.05. The highest BCUT2D eigenvalue weighted by atomic mass is 16.5. The van der Waals surface area contributed by atoms with Crippen molar-refractivity contribution in [3.8, 4) is 0 Å². The van der Waals surface area contributed by atoms with Gasteiger partial charge in [-0.3, -0.25) is 4.79 Å². The lowest BCUT2D eigenvalue weighted by Gasteiger charge is -2.08. The molecule has 2 nitrogen and oxygen atoms in total. The molecule has 0 fully saturated rings. The minimum Gasteiger partial charge on any atom is -0.485 e. The fourth-order valence-electron chi connectivity index (χ4n) is 0.976. The van der Waals surface area contributed by atoms with Gasteiger partial charge in [0.15, 0.2) is 0 Å². The van der Waals surface area contributed by atoms with Crippen molar-refractivity contribution in [2.75, 3.05) is 6.61 Å². The maximum absolute atomic E-state index is 9.31. The largest absolute Gasteiger partial charge is 0.485 e. The number of hydrogen-bond donors (Lipinski definition) is 0. The van der Waals surface area contributed by atoms with E-state index in [4.69, 9.17) is 4.74 Å². The molecule has 0 radical (unpaired) electrons. The maximum Gasteiger partial charge on any atom is 0.380 e. The van der Waals surface area contributed by atoms with E-state index < -0.39 is 0 Å². The van der Waals surface area contributed by atoms with Crippen molar-refractivity contribution in [2.24, 2.45) is 0 Å². The van der Waals surface area contributed by atoms with Crippen molar-refractivity contribution >= 4 is 5.78 Å². The summed E-state index contributed by atoms with van der Waals surface area (Å²) in [5.74, 6) is 0.849. The van der Waals surface area contributed by atoms with Crippen LogP contribution in [-0.2, 0) is 4.74 Å². The van der Waals surface area contributed by atoms with Crippen molar-refractivity contribution in [1.82, 2.24) is 0 Å². The van der Waals surface area contributed by atoms with Gasteiger partial charge in [-0.25, -0.2) is 0 Å². The molecule has 1 heterocycles. The smallest absolute Gasteiger partial charge is 0.380 e. The summed E-state index contributed by atoms with van der Waals surface area (Å²) in [5, 5.41) is 0. The predicted octanol–water partition coefficient (Wildman–Crippen LogP) is 1.80. The lowest BCUT2D eigenvalue weighted by Crippen LogP contribution is -2.08. The molecule has 1 aliphatic heterocycles. The van der Waals surface area contributed by atoms with Crippen LogP contribution in [0.2, 0.25) is 0 Å². The number of ether oxygens (including phenoxy) is 1. The van der Waals surface area contributed by atoms with E-state index in [1.54, 1.807) is 12.2 Å². The van der Waals surface area contributed by atoms with Gasteiger partial charge in [0.05, 0.1) is 6.61 Å². The van der Waals surface area contributed by atoms with Crippen molar-refractivity contribution in [3.63, 3.8) is 0 Å². The molecule has 1 rings (SSSR count). The minimum atomic E-state index is 0.229. The van der Waals surface area contributed by atoms with E-state index in [0.29, 0.717) is 12.4 Å². The molecule has 0 bridgehead atoms. The van der Waals surface area contributed by atoms with Crippen molar-refractivity contribution in [2.45, 2.75) is 19.8 Å². The highest BCUT2D eigenvalue weighted by Gasteiger charge is 2.15. The van der Waals surface area contributed by atoms with Gasteiger partial charge in [0, 0.05) is 6.08 Å². The van der Waals surface area contributed by atoms with Gasteiger partial charge >= 0.3 is 5.78 Å². The van der Waals surface area contributed by atoms with Crippen molar-refractivity contribution in [1.29, 1.82) is 0 Å². The highest BCUT2D eigenvalue weighted by molar-refractivity contribution is 6.03. The van der Waals surface area contributed by atoms with Crippen LogP contribution in [0.25, 0.3) is 0 Å². The van der Waals surface area contributed by atoms with Crippen LogP contribution in [0.1, 0.15) is 19.8 Å². The summed E-state index contributed by atoms with van der Waals surface area (Å²) in [6.45, 7) is 2.58. The SMILES string of the molecule is C/C=C/C(=[OH+])C1=CCCCO1. The summed E-state index contributed by atoms with van der Waals surface area (Å²) >= 11 is 0. The van der Waals surface area contributed by atoms with Crippen molar-refractivity contribution in [3.05, 3.63) is 24.0 Å². The quantitative estimate of drug-likeness (QED) is 0.439. The second-order valence-electron chi connectivity index (χ2n) is 2.44. The van der Waals surface area contributed by atoms with Gasteiger partial charge in [0.25, 0.3) is 0 Å².